The van der Waals surface area contributed by atoms with E-state index in [1.54, 1.807) is 19.2 Å². The fourth-order valence-corrected chi connectivity index (χ4v) is 1.96. The molecular weight excluding hydrogens is 299 g/mol. The van der Waals surface area contributed by atoms with Crippen molar-refractivity contribution < 1.29 is 14.1 Å². The third-order valence-electron chi connectivity index (χ3n) is 2.76. The van der Waals surface area contributed by atoms with Gasteiger partial charge in [-0.1, -0.05) is 29.8 Å². The molecule has 0 bridgehead atoms. The number of benzene rings is 2. The van der Waals surface area contributed by atoms with Crippen molar-refractivity contribution in [1.82, 2.24) is 5.32 Å². The van der Waals surface area contributed by atoms with Crippen LogP contribution in [0.2, 0.25) is 5.02 Å². The lowest BCUT2D eigenvalue weighted by molar-refractivity contribution is -0.385. The first-order valence-corrected chi connectivity index (χ1v) is 6.44. The number of halogens is 2. The molecule has 0 saturated carbocycles. The monoisotopic (exact) mass is 310 g/mol. The van der Waals surface area contributed by atoms with E-state index in [2.05, 4.69) is 5.32 Å². The number of hydrogen-bond donors (Lipinski definition) is 1. The highest BCUT2D eigenvalue weighted by atomic mass is 35.5. The van der Waals surface area contributed by atoms with E-state index in [0.717, 1.165) is 17.7 Å². The Kier molecular flexibility index (Phi) is 4.72. The van der Waals surface area contributed by atoms with Crippen LogP contribution in [0.1, 0.15) is 5.56 Å². The second-order valence-electron chi connectivity index (χ2n) is 4.23. The number of nitro groups is 1. The molecule has 2 aromatic rings. The van der Waals surface area contributed by atoms with Crippen LogP contribution in [-0.2, 0) is 6.54 Å². The fraction of sp³-hybridized carbons (Fsp3) is 0.143. The van der Waals surface area contributed by atoms with E-state index < -0.39 is 10.7 Å². The number of rotatable bonds is 5. The van der Waals surface area contributed by atoms with Crippen LogP contribution >= 0.6 is 11.6 Å². The maximum Gasteiger partial charge on any atom is 0.313 e. The number of hydrogen-bond acceptors (Lipinski definition) is 4. The molecule has 0 saturated heterocycles. The maximum atomic E-state index is 13.5. The molecule has 0 aliphatic rings. The van der Waals surface area contributed by atoms with Gasteiger partial charge in [-0.25, -0.2) is 4.39 Å². The Labute approximate surface area is 125 Å². The summed E-state index contributed by atoms with van der Waals surface area (Å²) < 4.78 is 19.0. The number of nitrogens with zero attached hydrogens (tertiary/aromatic N) is 1. The SMILES string of the molecule is CNCc1ccccc1Oc1cc(F)c(Cl)cc1[N+](=O)[O-]. The first kappa shape index (κ1) is 15.2. The largest absolute Gasteiger partial charge is 0.450 e. The molecule has 0 unspecified atom stereocenters. The van der Waals surface area contributed by atoms with Crippen LogP contribution in [0.15, 0.2) is 36.4 Å². The van der Waals surface area contributed by atoms with Crippen molar-refractivity contribution in [1.29, 1.82) is 0 Å². The number of para-hydroxylation sites is 1. The average Bonchev–Trinajstić information content (AvgIpc) is 2.44. The first-order chi connectivity index (χ1) is 10.0. The van der Waals surface area contributed by atoms with E-state index in [-0.39, 0.29) is 16.5 Å². The highest BCUT2D eigenvalue weighted by Crippen LogP contribution is 2.36. The van der Waals surface area contributed by atoms with Gasteiger partial charge in [0, 0.05) is 24.2 Å². The van der Waals surface area contributed by atoms with Gasteiger partial charge in [0.25, 0.3) is 0 Å². The summed E-state index contributed by atoms with van der Waals surface area (Å²) in [4.78, 5) is 10.4. The summed E-state index contributed by atoms with van der Waals surface area (Å²) in [5, 5.41) is 13.7. The zero-order valence-corrected chi connectivity index (χ0v) is 11.9. The second-order valence-corrected chi connectivity index (χ2v) is 4.64. The molecule has 2 rings (SSSR count). The van der Waals surface area contributed by atoms with Crippen LogP contribution in [0, 0.1) is 15.9 Å². The number of ether oxygens (including phenoxy) is 1. The van der Waals surface area contributed by atoms with Crippen LogP contribution < -0.4 is 10.1 Å². The second kappa shape index (κ2) is 6.51. The highest BCUT2D eigenvalue weighted by molar-refractivity contribution is 6.31. The van der Waals surface area contributed by atoms with Gasteiger partial charge >= 0.3 is 5.69 Å². The van der Waals surface area contributed by atoms with Crippen molar-refractivity contribution >= 4 is 17.3 Å². The predicted molar refractivity (Wildman–Crippen MR) is 77.3 cm³/mol. The van der Waals surface area contributed by atoms with Crippen molar-refractivity contribution in [3.05, 3.63) is 62.9 Å². The molecule has 110 valence electrons. The Morgan fingerprint density at radius 3 is 2.71 bits per heavy atom. The Hall–Kier alpha value is -2.18. The lowest BCUT2D eigenvalue weighted by Crippen LogP contribution is -2.06. The standard InChI is InChI=1S/C14H12ClFN2O3/c1-17-8-9-4-2-3-5-13(9)21-14-7-11(16)10(15)6-12(14)18(19)20/h2-7,17H,8H2,1H3. The molecule has 0 amide bonds. The molecule has 0 spiro atoms. The van der Waals surface area contributed by atoms with Gasteiger partial charge < -0.3 is 10.1 Å². The van der Waals surface area contributed by atoms with E-state index >= 15 is 0 Å². The summed E-state index contributed by atoms with van der Waals surface area (Å²) in [6, 6.07) is 8.86. The molecular formula is C14H12ClFN2O3. The molecule has 7 heteroatoms. The summed E-state index contributed by atoms with van der Waals surface area (Å²) in [5.74, 6) is -0.550. The highest BCUT2D eigenvalue weighted by Gasteiger charge is 2.20. The molecule has 0 heterocycles. The van der Waals surface area contributed by atoms with E-state index in [4.69, 9.17) is 16.3 Å². The van der Waals surface area contributed by atoms with Gasteiger partial charge in [0.1, 0.15) is 11.6 Å². The van der Waals surface area contributed by atoms with E-state index in [0.29, 0.717) is 12.3 Å². The van der Waals surface area contributed by atoms with Gasteiger partial charge in [-0.15, -0.1) is 0 Å². The van der Waals surface area contributed by atoms with E-state index in [1.807, 2.05) is 12.1 Å². The molecule has 5 nitrogen and oxygen atoms in total. The topological polar surface area (TPSA) is 64.4 Å². The Bertz CT molecular complexity index is 679. The fourth-order valence-electron chi connectivity index (χ4n) is 1.80. The molecule has 21 heavy (non-hydrogen) atoms. The lowest BCUT2D eigenvalue weighted by atomic mass is 10.2. The third-order valence-corrected chi connectivity index (χ3v) is 3.05. The summed E-state index contributed by atoms with van der Waals surface area (Å²) >= 11 is 5.57. The normalized spacial score (nSPS) is 10.4. The lowest BCUT2D eigenvalue weighted by Gasteiger charge is -2.11. The molecule has 0 atom stereocenters. The molecule has 2 aromatic carbocycles. The minimum absolute atomic E-state index is 0.189. The quantitative estimate of drug-likeness (QED) is 0.672. The Balaban J connectivity index is 2.44. The maximum absolute atomic E-state index is 13.5. The molecule has 0 aromatic heterocycles. The minimum atomic E-state index is -0.775. The van der Waals surface area contributed by atoms with Gasteiger partial charge in [0.15, 0.2) is 0 Å². The van der Waals surface area contributed by atoms with Crippen LogP contribution in [0.4, 0.5) is 10.1 Å². The van der Waals surface area contributed by atoms with Crippen LogP contribution in [-0.4, -0.2) is 12.0 Å². The third kappa shape index (κ3) is 3.48. The summed E-state index contributed by atoms with van der Waals surface area (Å²) in [6.45, 7) is 0.514. The van der Waals surface area contributed by atoms with Crippen LogP contribution in [0.25, 0.3) is 0 Å². The molecule has 0 aliphatic heterocycles. The van der Waals surface area contributed by atoms with Crippen LogP contribution in [0.5, 0.6) is 11.5 Å². The van der Waals surface area contributed by atoms with E-state index in [1.165, 1.54) is 0 Å². The zero-order valence-electron chi connectivity index (χ0n) is 11.1. The molecule has 0 radical (unpaired) electrons. The molecule has 0 fully saturated rings. The molecule has 1 N–H and O–H groups in total. The van der Waals surface area contributed by atoms with Gasteiger partial charge in [0.2, 0.25) is 5.75 Å². The molecule has 0 aliphatic carbocycles. The number of nitrogens with one attached hydrogen (secondary N) is 1. The summed E-state index contributed by atoms with van der Waals surface area (Å²) in [6.07, 6.45) is 0. The predicted octanol–water partition coefficient (Wildman–Crippen LogP) is 3.90. The van der Waals surface area contributed by atoms with Crippen molar-refractivity contribution in [3.8, 4) is 11.5 Å². The van der Waals surface area contributed by atoms with Crippen molar-refractivity contribution in [3.63, 3.8) is 0 Å². The average molecular weight is 311 g/mol. The zero-order chi connectivity index (χ0) is 15.4. The van der Waals surface area contributed by atoms with E-state index in [9.17, 15) is 14.5 Å². The summed E-state index contributed by atoms with van der Waals surface area (Å²) in [5.41, 5.74) is 0.408. The number of nitro benzene ring substituents is 1. The van der Waals surface area contributed by atoms with Gasteiger partial charge in [-0.05, 0) is 13.1 Å². The van der Waals surface area contributed by atoms with Gasteiger partial charge in [-0.3, -0.25) is 10.1 Å². The Morgan fingerprint density at radius 2 is 2.05 bits per heavy atom. The minimum Gasteiger partial charge on any atom is -0.450 e. The van der Waals surface area contributed by atoms with Crippen molar-refractivity contribution in [2.45, 2.75) is 6.54 Å². The van der Waals surface area contributed by atoms with Crippen LogP contribution in [0.3, 0.4) is 0 Å². The first-order valence-electron chi connectivity index (χ1n) is 6.06. The van der Waals surface area contributed by atoms with Crippen molar-refractivity contribution in [2.75, 3.05) is 7.05 Å². The smallest absolute Gasteiger partial charge is 0.313 e. The van der Waals surface area contributed by atoms with Gasteiger partial charge in [-0.2, -0.15) is 0 Å². The van der Waals surface area contributed by atoms with Gasteiger partial charge in [0.05, 0.1) is 9.95 Å². The van der Waals surface area contributed by atoms with Crippen molar-refractivity contribution in [2.24, 2.45) is 0 Å². The Morgan fingerprint density at radius 1 is 1.33 bits per heavy atom. The summed E-state index contributed by atoms with van der Waals surface area (Å²) in [7, 11) is 1.77.